The molecule has 0 aliphatic carbocycles. The fourth-order valence-electron chi connectivity index (χ4n) is 2.35. The first-order chi connectivity index (χ1) is 10.8. The van der Waals surface area contributed by atoms with E-state index in [0.29, 0.717) is 18.0 Å². The van der Waals surface area contributed by atoms with Crippen LogP contribution in [0.5, 0.6) is 11.5 Å². The Bertz CT molecular complexity index is 803. The van der Waals surface area contributed by atoms with Gasteiger partial charge in [0.2, 0.25) is 0 Å². The van der Waals surface area contributed by atoms with Crippen LogP contribution in [0.4, 0.5) is 11.4 Å². The second kappa shape index (κ2) is 6.43. The molecule has 0 saturated heterocycles. The third kappa shape index (κ3) is 3.88. The van der Waals surface area contributed by atoms with Crippen LogP contribution in [0.3, 0.4) is 0 Å². The number of benzene rings is 2. The molecule has 8 heteroatoms. The molecule has 1 aliphatic heterocycles. The first kappa shape index (κ1) is 16.8. The zero-order chi connectivity index (χ0) is 16.6. The first-order valence-corrected chi connectivity index (χ1v) is 10.1. The van der Waals surface area contributed by atoms with Gasteiger partial charge in [0.1, 0.15) is 0 Å². The summed E-state index contributed by atoms with van der Waals surface area (Å²) in [5.41, 5.74) is 1.72. The van der Waals surface area contributed by atoms with Crippen molar-refractivity contribution in [2.75, 3.05) is 24.3 Å². The number of halogens is 2. The number of anilines is 2. The SMILES string of the molecule is CS(=O)(=O)OCCN1c2ccc(Br)cc2Oc2cc(Br)ccc21. The van der Waals surface area contributed by atoms with Crippen LogP contribution in [-0.4, -0.2) is 27.8 Å². The lowest BCUT2D eigenvalue weighted by Gasteiger charge is -2.32. The number of hydrogen-bond acceptors (Lipinski definition) is 5. The van der Waals surface area contributed by atoms with E-state index in [0.717, 1.165) is 26.6 Å². The Morgan fingerprint density at radius 1 is 1.04 bits per heavy atom. The molecule has 0 atom stereocenters. The molecule has 3 rings (SSSR count). The summed E-state index contributed by atoms with van der Waals surface area (Å²) in [6.07, 6.45) is 1.04. The molecule has 0 bridgehead atoms. The van der Waals surface area contributed by atoms with E-state index in [1.165, 1.54) is 0 Å². The molecule has 2 aromatic rings. The van der Waals surface area contributed by atoms with Crippen LogP contribution in [0.25, 0.3) is 0 Å². The van der Waals surface area contributed by atoms with Gasteiger partial charge in [0.05, 0.1) is 24.2 Å². The molecule has 1 aliphatic rings. The molecule has 0 fully saturated rings. The molecule has 0 N–H and O–H groups in total. The molecular formula is C15H13Br2NO4S. The van der Waals surface area contributed by atoms with Crippen LogP contribution in [0, 0.1) is 0 Å². The molecule has 23 heavy (non-hydrogen) atoms. The molecular weight excluding hydrogens is 450 g/mol. The van der Waals surface area contributed by atoms with Crippen molar-refractivity contribution in [2.45, 2.75) is 0 Å². The van der Waals surface area contributed by atoms with E-state index < -0.39 is 10.1 Å². The number of rotatable bonds is 4. The van der Waals surface area contributed by atoms with Crippen molar-refractivity contribution in [3.63, 3.8) is 0 Å². The Balaban J connectivity index is 1.97. The molecule has 5 nitrogen and oxygen atoms in total. The molecule has 0 spiro atoms. The highest BCUT2D eigenvalue weighted by atomic mass is 79.9. The normalized spacial score (nSPS) is 13.3. The Hall–Kier alpha value is -1.09. The van der Waals surface area contributed by atoms with Gasteiger partial charge < -0.3 is 9.64 Å². The standard InChI is InChI=1S/C15H13Br2NO4S/c1-23(19,20)21-7-6-18-12-4-2-10(16)8-14(12)22-15-9-11(17)3-5-13(15)18/h2-5,8-9H,6-7H2,1H3. The average molecular weight is 463 g/mol. The van der Waals surface area contributed by atoms with Gasteiger partial charge in [0, 0.05) is 15.5 Å². The van der Waals surface area contributed by atoms with E-state index in [4.69, 9.17) is 8.92 Å². The Labute approximate surface area is 151 Å². The van der Waals surface area contributed by atoms with E-state index in [1.807, 2.05) is 41.3 Å². The summed E-state index contributed by atoms with van der Waals surface area (Å²) in [5, 5.41) is 0. The third-order valence-electron chi connectivity index (χ3n) is 3.26. The number of nitrogens with zero attached hydrogens (tertiary/aromatic N) is 1. The number of ether oxygens (including phenoxy) is 1. The van der Waals surface area contributed by atoms with Gasteiger partial charge in [-0.3, -0.25) is 4.18 Å². The van der Waals surface area contributed by atoms with Crippen molar-refractivity contribution in [1.29, 1.82) is 0 Å². The van der Waals surface area contributed by atoms with Gasteiger partial charge in [0.25, 0.3) is 10.1 Å². The van der Waals surface area contributed by atoms with Crippen molar-refractivity contribution in [2.24, 2.45) is 0 Å². The van der Waals surface area contributed by atoms with Gasteiger partial charge in [-0.2, -0.15) is 8.42 Å². The quantitative estimate of drug-likeness (QED) is 0.629. The molecule has 0 unspecified atom stereocenters. The summed E-state index contributed by atoms with van der Waals surface area (Å²) in [7, 11) is -3.47. The summed E-state index contributed by atoms with van der Waals surface area (Å²) in [4.78, 5) is 1.98. The van der Waals surface area contributed by atoms with Crippen LogP contribution < -0.4 is 9.64 Å². The van der Waals surface area contributed by atoms with Crippen molar-refractivity contribution in [1.82, 2.24) is 0 Å². The predicted octanol–water partition coefficient (Wildman–Crippen LogP) is 4.43. The van der Waals surface area contributed by atoms with Crippen LogP contribution in [0.1, 0.15) is 0 Å². The van der Waals surface area contributed by atoms with Crippen LogP contribution in [-0.2, 0) is 14.3 Å². The average Bonchev–Trinajstić information content (AvgIpc) is 2.44. The highest BCUT2D eigenvalue weighted by Gasteiger charge is 2.25. The molecule has 0 radical (unpaired) electrons. The van der Waals surface area contributed by atoms with E-state index in [2.05, 4.69) is 31.9 Å². The summed E-state index contributed by atoms with van der Waals surface area (Å²) in [5.74, 6) is 1.40. The van der Waals surface area contributed by atoms with Crippen LogP contribution in [0.15, 0.2) is 45.3 Å². The second-order valence-corrected chi connectivity index (χ2v) is 8.48. The van der Waals surface area contributed by atoms with Gasteiger partial charge >= 0.3 is 0 Å². The van der Waals surface area contributed by atoms with E-state index >= 15 is 0 Å². The lowest BCUT2D eigenvalue weighted by molar-refractivity contribution is 0.329. The van der Waals surface area contributed by atoms with Crippen molar-refractivity contribution < 1.29 is 17.3 Å². The maximum Gasteiger partial charge on any atom is 0.264 e. The fourth-order valence-corrected chi connectivity index (χ4v) is 3.41. The minimum atomic E-state index is -3.47. The maximum atomic E-state index is 11.2. The van der Waals surface area contributed by atoms with Gasteiger partial charge in [0.15, 0.2) is 11.5 Å². The second-order valence-electron chi connectivity index (χ2n) is 5.00. The smallest absolute Gasteiger partial charge is 0.264 e. The lowest BCUT2D eigenvalue weighted by atomic mass is 10.1. The molecule has 1 heterocycles. The maximum absolute atomic E-state index is 11.2. The topological polar surface area (TPSA) is 55.8 Å². The molecule has 122 valence electrons. The van der Waals surface area contributed by atoms with Gasteiger partial charge in [-0.25, -0.2) is 0 Å². The molecule has 0 aromatic heterocycles. The fraction of sp³-hybridized carbons (Fsp3) is 0.200. The first-order valence-electron chi connectivity index (χ1n) is 6.72. The van der Waals surface area contributed by atoms with Gasteiger partial charge in [-0.05, 0) is 36.4 Å². The third-order valence-corrected chi connectivity index (χ3v) is 4.84. The zero-order valence-electron chi connectivity index (χ0n) is 12.1. The Morgan fingerprint density at radius 3 is 2.04 bits per heavy atom. The highest BCUT2D eigenvalue weighted by molar-refractivity contribution is 9.10. The highest BCUT2D eigenvalue weighted by Crippen LogP contribution is 2.47. The van der Waals surface area contributed by atoms with Crippen LogP contribution in [0.2, 0.25) is 0 Å². The van der Waals surface area contributed by atoms with Gasteiger partial charge in [-0.1, -0.05) is 31.9 Å². The monoisotopic (exact) mass is 461 g/mol. The van der Waals surface area contributed by atoms with Crippen molar-refractivity contribution in [3.05, 3.63) is 45.3 Å². The lowest BCUT2D eigenvalue weighted by Crippen LogP contribution is -2.26. The predicted molar refractivity (Wildman–Crippen MR) is 96.2 cm³/mol. The van der Waals surface area contributed by atoms with Crippen molar-refractivity contribution >= 4 is 53.4 Å². The summed E-state index contributed by atoms with van der Waals surface area (Å²) in [6, 6.07) is 11.4. The molecule has 2 aromatic carbocycles. The molecule has 0 saturated carbocycles. The summed E-state index contributed by atoms with van der Waals surface area (Å²) < 4.78 is 35.0. The minimum Gasteiger partial charge on any atom is -0.453 e. The van der Waals surface area contributed by atoms with E-state index in [1.54, 1.807) is 0 Å². The zero-order valence-corrected chi connectivity index (χ0v) is 16.1. The van der Waals surface area contributed by atoms with Crippen molar-refractivity contribution in [3.8, 4) is 11.5 Å². The summed E-state index contributed by atoms with van der Waals surface area (Å²) in [6.45, 7) is 0.448. The largest absolute Gasteiger partial charge is 0.453 e. The van der Waals surface area contributed by atoms with Crippen LogP contribution >= 0.6 is 31.9 Å². The minimum absolute atomic E-state index is 0.0594. The van der Waals surface area contributed by atoms with E-state index in [-0.39, 0.29) is 6.61 Å². The number of fused-ring (bicyclic) bond motifs is 2. The molecule has 0 amide bonds. The Morgan fingerprint density at radius 2 is 1.57 bits per heavy atom. The Kier molecular flexibility index (Phi) is 4.68. The summed E-state index contributed by atoms with van der Waals surface area (Å²) >= 11 is 6.86. The number of hydrogen-bond donors (Lipinski definition) is 0. The van der Waals surface area contributed by atoms with E-state index in [9.17, 15) is 8.42 Å². The van der Waals surface area contributed by atoms with Gasteiger partial charge in [-0.15, -0.1) is 0 Å².